The molecule has 0 saturated heterocycles. The molecule has 0 spiro atoms. The van der Waals surface area contributed by atoms with E-state index in [0.29, 0.717) is 34.2 Å². The van der Waals surface area contributed by atoms with E-state index in [-0.39, 0.29) is 11.8 Å². The number of benzene rings is 3. The maximum atomic E-state index is 12.2. The highest BCUT2D eigenvalue weighted by Gasteiger charge is 2.06. The van der Waals surface area contributed by atoms with Gasteiger partial charge in [0.05, 0.1) is 6.21 Å². The minimum absolute atomic E-state index is 0.174. The number of amides is 2. The van der Waals surface area contributed by atoms with E-state index in [1.165, 1.54) is 13.1 Å². The van der Waals surface area contributed by atoms with Crippen LogP contribution in [0, 0.1) is 0 Å². The molecule has 3 aromatic rings. The molecule has 0 bridgehead atoms. The van der Waals surface area contributed by atoms with Gasteiger partial charge in [-0.3, -0.25) is 9.59 Å². The number of nitrogens with one attached hydrogen (secondary N) is 2. The Balaban J connectivity index is 1.61. The summed E-state index contributed by atoms with van der Waals surface area (Å²) in [4.78, 5) is 23.3. The van der Waals surface area contributed by atoms with Gasteiger partial charge in [-0.25, -0.2) is 5.43 Å². The highest BCUT2D eigenvalue weighted by atomic mass is 35.5. The van der Waals surface area contributed by atoms with Crippen LogP contribution in [0.2, 0.25) is 5.02 Å². The van der Waals surface area contributed by atoms with E-state index in [1.54, 1.807) is 24.3 Å². The summed E-state index contributed by atoms with van der Waals surface area (Å²) in [5.74, 6) is 0.0809. The monoisotopic (exact) mass is 421 g/mol. The first-order valence-electron chi connectivity index (χ1n) is 9.19. The quantitative estimate of drug-likeness (QED) is 0.430. The zero-order valence-corrected chi connectivity index (χ0v) is 17.0. The van der Waals surface area contributed by atoms with Crippen LogP contribution in [0.15, 0.2) is 77.9 Å². The average Bonchev–Trinajstić information content (AvgIpc) is 2.74. The first kappa shape index (κ1) is 21.1. The summed E-state index contributed by atoms with van der Waals surface area (Å²) in [6, 6.07) is 21.4. The summed E-state index contributed by atoms with van der Waals surface area (Å²) < 4.78 is 5.87. The van der Waals surface area contributed by atoms with Crippen molar-refractivity contribution < 1.29 is 14.3 Å². The number of halogens is 1. The zero-order chi connectivity index (χ0) is 21.3. The fourth-order valence-electron chi connectivity index (χ4n) is 2.62. The molecule has 0 aromatic heterocycles. The van der Waals surface area contributed by atoms with Crippen molar-refractivity contribution in [3.8, 4) is 5.75 Å². The van der Waals surface area contributed by atoms with Crippen LogP contribution in [0.5, 0.6) is 5.75 Å². The molecule has 2 amide bonds. The second kappa shape index (κ2) is 10.2. The molecule has 0 fully saturated rings. The van der Waals surface area contributed by atoms with Crippen LogP contribution < -0.4 is 15.5 Å². The summed E-state index contributed by atoms with van der Waals surface area (Å²) in [7, 11) is 0. The Morgan fingerprint density at radius 2 is 1.70 bits per heavy atom. The number of hydrogen-bond acceptors (Lipinski definition) is 4. The predicted molar refractivity (Wildman–Crippen MR) is 118 cm³/mol. The summed E-state index contributed by atoms with van der Waals surface area (Å²) in [6.07, 6.45) is 1.52. The summed E-state index contributed by atoms with van der Waals surface area (Å²) in [6.45, 7) is 1.74. The van der Waals surface area contributed by atoms with E-state index < -0.39 is 0 Å². The van der Waals surface area contributed by atoms with Crippen molar-refractivity contribution in [1.29, 1.82) is 0 Å². The lowest BCUT2D eigenvalue weighted by molar-refractivity contribution is -0.114. The van der Waals surface area contributed by atoms with E-state index in [4.69, 9.17) is 16.3 Å². The van der Waals surface area contributed by atoms with Gasteiger partial charge in [-0.15, -0.1) is 0 Å². The minimum atomic E-state index is -0.366. The molecule has 0 unspecified atom stereocenters. The van der Waals surface area contributed by atoms with Gasteiger partial charge in [0.1, 0.15) is 12.4 Å². The molecule has 30 heavy (non-hydrogen) atoms. The Bertz CT molecular complexity index is 1070. The van der Waals surface area contributed by atoms with Crippen LogP contribution in [0.25, 0.3) is 0 Å². The van der Waals surface area contributed by atoms with Gasteiger partial charge < -0.3 is 10.1 Å². The first-order chi connectivity index (χ1) is 14.5. The van der Waals surface area contributed by atoms with E-state index in [0.717, 1.165) is 5.56 Å². The Hall–Kier alpha value is -3.64. The number of hydrogen-bond donors (Lipinski definition) is 2. The summed E-state index contributed by atoms with van der Waals surface area (Å²) in [5.41, 5.74) is 5.11. The molecule has 3 aromatic carbocycles. The van der Waals surface area contributed by atoms with E-state index in [1.807, 2.05) is 48.5 Å². The highest BCUT2D eigenvalue weighted by Crippen LogP contribution is 2.21. The molecule has 152 valence electrons. The van der Waals surface area contributed by atoms with Crippen LogP contribution in [0.4, 0.5) is 5.69 Å². The summed E-state index contributed by atoms with van der Waals surface area (Å²) in [5, 5.41) is 7.31. The third kappa shape index (κ3) is 5.93. The minimum Gasteiger partial charge on any atom is -0.488 e. The standard InChI is InChI=1S/C23H20ClN3O3/c1-16(28)26-20-12-10-17(11-13-20)23(29)27-25-14-18-6-3-5-9-22(18)30-15-19-7-2-4-8-21(19)24/h2-14H,15H2,1H3,(H,26,28)(H,27,29)/b25-14-. The van der Waals surface area contributed by atoms with E-state index in [9.17, 15) is 9.59 Å². The molecule has 2 N–H and O–H groups in total. The van der Waals surface area contributed by atoms with E-state index >= 15 is 0 Å². The van der Waals surface area contributed by atoms with Crippen LogP contribution >= 0.6 is 11.6 Å². The maximum Gasteiger partial charge on any atom is 0.271 e. The van der Waals surface area contributed by atoms with Crippen molar-refractivity contribution in [3.63, 3.8) is 0 Å². The molecule has 0 atom stereocenters. The maximum absolute atomic E-state index is 12.2. The molecule has 0 aliphatic heterocycles. The average molecular weight is 422 g/mol. The highest BCUT2D eigenvalue weighted by molar-refractivity contribution is 6.31. The van der Waals surface area contributed by atoms with Gasteiger partial charge >= 0.3 is 0 Å². The smallest absolute Gasteiger partial charge is 0.271 e. The van der Waals surface area contributed by atoms with Gasteiger partial charge in [-0.2, -0.15) is 5.10 Å². The van der Waals surface area contributed by atoms with Crippen molar-refractivity contribution in [1.82, 2.24) is 5.43 Å². The van der Waals surface area contributed by atoms with Gasteiger partial charge in [0.15, 0.2) is 0 Å². The van der Waals surface area contributed by atoms with Crippen LogP contribution in [0.1, 0.15) is 28.4 Å². The third-order valence-electron chi connectivity index (χ3n) is 4.10. The lowest BCUT2D eigenvalue weighted by atomic mass is 10.2. The van der Waals surface area contributed by atoms with Crippen LogP contribution in [-0.4, -0.2) is 18.0 Å². The first-order valence-corrected chi connectivity index (χ1v) is 9.57. The molecular formula is C23H20ClN3O3. The van der Waals surface area contributed by atoms with Crippen molar-refractivity contribution in [3.05, 3.63) is 94.5 Å². The predicted octanol–water partition coefficient (Wildman–Crippen LogP) is 4.64. The second-order valence-electron chi connectivity index (χ2n) is 6.38. The molecular weight excluding hydrogens is 402 g/mol. The Labute approximate surface area is 179 Å². The number of anilines is 1. The SMILES string of the molecule is CC(=O)Nc1ccc(C(=O)N/N=C\c2ccccc2OCc2ccccc2Cl)cc1. The fraction of sp³-hybridized carbons (Fsp3) is 0.0870. The fourth-order valence-corrected chi connectivity index (χ4v) is 2.81. The molecule has 0 radical (unpaired) electrons. The number of carbonyl (C=O) groups excluding carboxylic acids is 2. The Morgan fingerprint density at radius 3 is 2.43 bits per heavy atom. The molecule has 0 aliphatic rings. The zero-order valence-electron chi connectivity index (χ0n) is 16.3. The largest absolute Gasteiger partial charge is 0.488 e. The van der Waals surface area contributed by atoms with Crippen LogP contribution in [-0.2, 0) is 11.4 Å². The molecule has 6 nitrogen and oxygen atoms in total. The topological polar surface area (TPSA) is 79.8 Å². The number of carbonyl (C=O) groups is 2. The normalized spacial score (nSPS) is 10.6. The number of para-hydroxylation sites is 1. The Kier molecular flexibility index (Phi) is 7.19. The van der Waals surface area contributed by atoms with Gasteiger partial charge in [-0.1, -0.05) is 41.9 Å². The van der Waals surface area contributed by atoms with Crippen molar-refractivity contribution in [2.75, 3.05) is 5.32 Å². The molecule has 7 heteroatoms. The van der Waals surface area contributed by atoms with Crippen LogP contribution in [0.3, 0.4) is 0 Å². The lowest BCUT2D eigenvalue weighted by Crippen LogP contribution is -2.17. The molecule has 3 rings (SSSR count). The molecule has 0 aliphatic carbocycles. The molecule has 0 heterocycles. The number of ether oxygens (including phenoxy) is 1. The van der Waals surface area contributed by atoms with Crippen molar-refractivity contribution >= 4 is 35.3 Å². The number of rotatable bonds is 7. The Morgan fingerprint density at radius 1 is 1.00 bits per heavy atom. The number of hydrazone groups is 1. The molecule has 0 saturated carbocycles. The van der Waals surface area contributed by atoms with Gasteiger partial charge in [0.25, 0.3) is 5.91 Å². The van der Waals surface area contributed by atoms with Gasteiger partial charge in [0, 0.05) is 34.3 Å². The lowest BCUT2D eigenvalue weighted by Gasteiger charge is -2.10. The van der Waals surface area contributed by atoms with Gasteiger partial charge in [0.2, 0.25) is 5.91 Å². The van der Waals surface area contributed by atoms with Gasteiger partial charge in [-0.05, 0) is 42.5 Å². The van der Waals surface area contributed by atoms with Crippen molar-refractivity contribution in [2.45, 2.75) is 13.5 Å². The summed E-state index contributed by atoms with van der Waals surface area (Å²) >= 11 is 6.17. The number of nitrogens with zero attached hydrogens (tertiary/aromatic N) is 1. The second-order valence-corrected chi connectivity index (χ2v) is 6.78. The van der Waals surface area contributed by atoms with E-state index in [2.05, 4.69) is 15.8 Å². The third-order valence-corrected chi connectivity index (χ3v) is 4.47. The van der Waals surface area contributed by atoms with Crippen molar-refractivity contribution in [2.24, 2.45) is 5.10 Å².